The Morgan fingerprint density at radius 3 is 2.58 bits per heavy atom. The lowest BCUT2D eigenvalue weighted by molar-refractivity contribution is 0.0107. The van der Waals surface area contributed by atoms with Gasteiger partial charge in [0.25, 0.3) is 0 Å². The molecular formula is C15H24O4. The summed E-state index contributed by atoms with van der Waals surface area (Å²) in [4.78, 5) is 0. The van der Waals surface area contributed by atoms with E-state index in [4.69, 9.17) is 9.47 Å². The molecule has 108 valence electrons. The molecule has 2 unspecified atom stereocenters. The molecule has 0 radical (unpaired) electrons. The van der Waals surface area contributed by atoms with Crippen LogP contribution < -0.4 is 4.74 Å². The number of rotatable bonds is 9. The number of aliphatic hydroxyl groups excluding tert-OH is 2. The maximum atomic E-state index is 9.73. The van der Waals surface area contributed by atoms with Gasteiger partial charge in [-0.15, -0.1) is 0 Å². The highest BCUT2D eigenvalue weighted by molar-refractivity contribution is 5.34. The second kappa shape index (κ2) is 8.91. The number of hydrogen-bond donors (Lipinski definition) is 2. The molecule has 1 rings (SSSR count). The minimum atomic E-state index is -0.654. The van der Waals surface area contributed by atoms with Gasteiger partial charge in [-0.05, 0) is 19.4 Å². The number of benzene rings is 1. The van der Waals surface area contributed by atoms with E-state index in [0.717, 1.165) is 18.4 Å². The molecule has 0 saturated heterocycles. The van der Waals surface area contributed by atoms with E-state index >= 15 is 0 Å². The Labute approximate surface area is 115 Å². The summed E-state index contributed by atoms with van der Waals surface area (Å²) < 4.78 is 10.8. The summed E-state index contributed by atoms with van der Waals surface area (Å²) in [6.07, 6.45) is 0.834. The van der Waals surface area contributed by atoms with Crippen molar-refractivity contribution >= 4 is 0 Å². The monoisotopic (exact) mass is 268 g/mol. The molecule has 0 fully saturated rings. The topological polar surface area (TPSA) is 58.9 Å². The van der Waals surface area contributed by atoms with E-state index in [0.29, 0.717) is 12.4 Å². The standard InChI is InChI=1S/C15H24O4/c1-3-4-9-18-10-13(17)11-19-15-8-6-5-7-14(15)12(2)16/h5-8,12-13,16-17H,3-4,9-11H2,1-2H3. The first-order valence-electron chi connectivity index (χ1n) is 6.80. The van der Waals surface area contributed by atoms with Crippen molar-refractivity contribution < 1.29 is 19.7 Å². The Balaban J connectivity index is 2.35. The second-order valence-corrected chi connectivity index (χ2v) is 4.61. The van der Waals surface area contributed by atoms with Gasteiger partial charge in [0.2, 0.25) is 0 Å². The molecule has 2 atom stereocenters. The predicted molar refractivity (Wildman–Crippen MR) is 74.3 cm³/mol. The first-order valence-corrected chi connectivity index (χ1v) is 6.80. The predicted octanol–water partition coefficient (Wildman–Crippen LogP) is 2.30. The fraction of sp³-hybridized carbons (Fsp3) is 0.600. The lowest BCUT2D eigenvalue weighted by atomic mass is 10.1. The van der Waals surface area contributed by atoms with Gasteiger partial charge in [0.1, 0.15) is 18.5 Å². The van der Waals surface area contributed by atoms with Crippen LogP contribution in [0, 0.1) is 0 Å². The molecule has 19 heavy (non-hydrogen) atoms. The fourth-order valence-electron chi connectivity index (χ4n) is 1.66. The van der Waals surface area contributed by atoms with Gasteiger partial charge in [-0.2, -0.15) is 0 Å². The van der Waals surface area contributed by atoms with Crippen LogP contribution in [0.3, 0.4) is 0 Å². The zero-order valence-corrected chi connectivity index (χ0v) is 11.7. The highest BCUT2D eigenvalue weighted by Crippen LogP contribution is 2.24. The van der Waals surface area contributed by atoms with E-state index < -0.39 is 12.2 Å². The van der Waals surface area contributed by atoms with Gasteiger partial charge in [0.15, 0.2) is 0 Å². The van der Waals surface area contributed by atoms with Crippen molar-refractivity contribution in [2.45, 2.75) is 38.9 Å². The maximum absolute atomic E-state index is 9.73. The molecule has 4 nitrogen and oxygen atoms in total. The molecule has 0 aromatic heterocycles. The Morgan fingerprint density at radius 1 is 1.16 bits per heavy atom. The first-order chi connectivity index (χ1) is 9.15. The molecule has 2 N–H and O–H groups in total. The van der Waals surface area contributed by atoms with Gasteiger partial charge in [-0.25, -0.2) is 0 Å². The lowest BCUT2D eigenvalue weighted by Gasteiger charge is -2.16. The molecular weight excluding hydrogens is 244 g/mol. The molecule has 0 heterocycles. The molecule has 0 amide bonds. The number of para-hydroxylation sites is 1. The van der Waals surface area contributed by atoms with Crippen LogP contribution in [0.4, 0.5) is 0 Å². The van der Waals surface area contributed by atoms with Crippen LogP contribution in [-0.2, 0) is 4.74 Å². The van der Waals surface area contributed by atoms with Gasteiger partial charge in [0, 0.05) is 12.2 Å². The van der Waals surface area contributed by atoms with E-state index in [9.17, 15) is 10.2 Å². The van der Waals surface area contributed by atoms with Gasteiger partial charge in [0.05, 0.1) is 12.7 Å². The van der Waals surface area contributed by atoms with Crippen LogP contribution in [0.25, 0.3) is 0 Å². The van der Waals surface area contributed by atoms with Crippen LogP contribution in [0.15, 0.2) is 24.3 Å². The molecule has 1 aromatic rings. The van der Waals surface area contributed by atoms with Crippen LogP contribution in [0.5, 0.6) is 5.75 Å². The zero-order valence-electron chi connectivity index (χ0n) is 11.7. The largest absolute Gasteiger partial charge is 0.490 e. The minimum absolute atomic E-state index is 0.163. The number of hydrogen-bond acceptors (Lipinski definition) is 4. The van der Waals surface area contributed by atoms with Crippen molar-refractivity contribution in [3.05, 3.63) is 29.8 Å². The van der Waals surface area contributed by atoms with E-state index in [1.54, 1.807) is 13.0 Å². The van der Waals surface area contributed by atoms with Crippen molar-refractivity contribution in [1.29, 1.82) is 0 Å². The molecule has 0 bridgehead atoms. The first kappa shape index (κ1) is 16.0. The minimum Gasteiger partial charge on any atom is -0.490 e. The SMILES string of the molecule is CCCCOCC(O)COc1ccccc1C(C)O. The Kier molecular flexibility index (Phi) is 7.48. The summed E-state index contributed by atoms with van der Waals surface area (Å²) in [6, 6.07) is 7.28. The van der Waals surface area contributed by atoms with Gasteiger partial charge in [-0.1, -0.05) is 31.5 Å². The van der Waals surface area contributed by atoms with E-state index in [1.807, 2.05) is 18.2 Å². The van der Waals surface area contributed by atoms with E-state index in [1.165, 1.54) is 0 Å². The average molecular weight is 268 g/mol. The van der Waals surface area contributed by atoms with Crippen LogP contribution in [0.1, 0.15) is 38.4 Å². The summed E-state index contributed by atoms with van der Waals surface area (Å²) >= 11 is 0. The Bertz CT molecular complexity index is 352. The molecule has 1 aromatic carbocycles. The number of ether oxygens (including phenoxy) is 2. The molecule has 4 heteroatoms. The maximum Gasteiger partial charge on any atom is 0.125 e. The number of unbranched alkanes of at least 4 members (excludes halogenated alkanes) is 1. The van der Waals surface area contributed by atoms with Crippen molar-refractivity contribution in [2.24, 2.45) is 0 Å². The van der Waals surface area contributed by atoms with Crippen molar-refractivity contribution in [3.63, 3.8) is 0 Å². The lowest BCUT2D eigenvalue weighted by Crippen LogP contribution is -2.24. The summed E-state index contributed by atoms with van der Waals surface area (Å²) in [5.74, 6) is 0.602. The Morgan fingerprint density at radius 2 is 1.89 bits per heavy atom. The van der Waals surface area contributed by atoms with Crippen molar-refractivity contribution in [2.75, 3.05) is 19.8 Å². The van der Waals surface area contributed by atoms with E-state index in [2.05, 4.69) is 6.92 Å². The van der Waals surface area contributed by atoms with Crippen LogP contribution >= 0.6 is 0 Å². The third-order valence-electron chi connectivity index (χ3n) is 2.75. The highest BCUT2D eigenvalue weighted by Gasteiger charge is 2.10. The quantitative estimate of drug-likeness (QED) is 0.675. The fourth-order valence-corrected chi connectivity index (χ4v) is 1.66. The Hall–Kier alpha value is -1.10. The number of aliphatic hydroxyl groups is 2. The smallest absolute Gasteiger partial charge is 0.125 e. The van der Waals surface area contributed by atoms with Gasteiger partial charge in [-0.3, -0.25) is 0 Å². The summed E-state index contributed by atoms with van der Waals surface area (Å²) in [7, 11) is 0. The zero-order chi connectivity index (χ0) is 14.1. The highest BCUT2D eigenvalue weighted by atomic mass is 16.5. The van der Waals surface area contributed by atoms with Crippen LogP contribution in [-0.4, -0.2) is 36.1 Å². The third kappa shape index (κ3) is 6.05. The van der Waals surface area contributed by atoms with Crippen LogP contribution in [0.2, 0.25) is 0 Å². The van der Waals surface area contributed by atoms with Gasteiger partial charge < -0.3 is 19.7 Å². The third-order valence-corrected chi connectivity index (χ3v) is 2.75. The molecule has 0 aliphatic heterocycles. The molecule has 0 aliphatic rings. The normalized spacial score (nSPS) is 14.1. The van der Waals surface area contributed by atoms with E-state index in [-0.39, 0.29) is 13.2 Å². The van der Waals surface area contributed by atoms with Crippen molar-refractivity contribution in [3.8, 4) is 5.75 Å². The van der Waals surface area contributed by atoms with Crippen molar-refractivity contribution in [1.82, 2.24) is 0 Å². The second-order valence-electron chi connectivity index (χ2n) is 4.61. The molecule has 0 aliphatic carbocycles. The average Bonchev–Trinajstić information content (AvgIpc) is 2.41. The van der Waals surface area contributed by atoms with Gasteiger partial charge >= 0.3 is 0 Å². The molecule has 0 spiro atoms. The molecule has 0 saturated carbocycles. The summed E-state index contributed by atoms with van der Waals surface area (Å²) in [5, 5.41) is 19.3. The summed E-state index contributed by atoms with van der Waals surface area (Å²) in [6.45, 7) is 4.88. The summed E-state index contributed by atoms with van der Waals surface area (Å²) in [5.41, 5.74) is 0.724.